The maximum absolute atomic E-state index is 6.01. The number of rotatable bonds is 4. The molecule has 0 bridgehead atoms. The topological polar surface area (TPSA) is 48.1 Å². The van der Waals surface area contributed by atoms with Crippen molar-refractivity contribution in [3.8, 4) is 11.6 Å². The number of hydrogen-bond acceptors (Lipinski definition) is 3. The molecule has 2 N–H and O–H groups in total. The third kappa shape index (κ3) is 2.88. The van der Waals surface area contributed by atoms with E-state index >= 15 is 0 Å². The van der Waals surface area contributed by atoms with Crippen molar-refractivity contribution in [2.45, 2.75) is 19.9 Å². The van der Waals surface area contributed by atoms with Gasteiger partial charge < -0.3 is 10.5 Å². The fraction of sp³-hybridized carbons (Fsp3) is 0.167. The van der Waals surface area contributed by atoms with Crippen LogP contribution in [0.15, 0.2) is 54.6 Å². The first kappa shape index (κ1) is 13.6. The minimum Gasteiger partial charge on any atom is -0.438 e. The van der Waals surface area contributed by atoms with Crippen LogP contribution < -0.4 is 10.5 Å². The highest BCUT2D eigenvalue weighted by atomic mass is 16.5. The van der Waals surface area contributed by atoms with Gasteiger partial charge in [-0.1, -0.05) is 37.3 Å². The smallest absolute Gasteiger partial charge is 0.227 e. The van der Waals surface area contributed by atoms with E-state index < -0.39 is 0 Å². The average molecular weight is 278 g/mol. The van der Waals surface area contributed by atoms with E-state index in [1.54, 1.807) is 0 Å². The summed E-state index contributed by atoms with van der Waals surface area (Å²) in [5.74, 6) is 1.42. The molecule has 1 aromatic heterocycles. The van der Waals surface area contributed by atoms with E-state index in [0.29, 0.717) is 12.4 Å². The molecule has 0 amide bonds. The van der Waals surface area contributed by atoms with Crippen LogP contribution in [0, 0.1) is 0 Å². The first-order valence-corrected chi connectivity index (χ1v) is 7.15. The van der Waals surface area contributed by atoms with Gasteiger partial charge in [-0.05, 0) is 41.6 Å². The lowest BCUT2D eigenvalue weighted by Crippen LogP contribution is -2.01. The number of benzene rings is 2. The Morgan fingerprint density at radius 2 is 1.90 bits per heavy atom. The fourth-order valence-electron chi connectivity index (χ4n) is 2.34. The van der Waals surface area contributed by atoms with Crippen LogP contribution in [0.2, 0.25) is 0 Å². The summed E-state index contributed by atoms with van der Waals surface area (Å²) in [7, 11) is 0. The maximum atomic E-state index is 6.01. The van der Waals surface area contributed by atoms with Gasteiger partial charge in [-0.25, -0.2) is 4.98 Å². The van der Waals surface area contributed by atoms with Gasteiger partial charge in [0.05, 0.1) is 5.69 Å². The second-order valence-corrected chi connectivity index (χ2v) is 4.95. The van der Waals surface area contributed by atoms with Crippen molar-refractivity contribution in [3.05, 3.63) is 65.9 Å². The van der Waals surface area contributed by atoms with E-state index in [1.165, 1.54) is 5.56 Å². The Morgan fingerprint density at radius 3 is 2.71 bits per heavy atom. The summed E-state index contributed by atoms with van der Waals surface area (Å²) in [6.07, 6.45) is 0.980. The molecule has 3 nitrogen and oxygen atoms in total. The number of hydrogen-bond donors (Lipinski definition) is 1. The largest absolute Gasteiger partial charge is 0.438 e. The van der Waals surface area contributed by atoms with Gasteiger partial charge in [0.2, 0.25) is 5.88 Å². The molecule has 3 rings (SSSR count). The van der Waals surface area contributed by atoms with Crippen molar-refractivity contribution in [2.24, 2.45) is 5.73 Å². The molecule has 0 saturated heterocycles. The van der Waals surface area contributed by atoms with Crippen molar-refractivity contribution in [1.82, 2.24) is 4.98 Å². The summed E-state index contributed by atoms with van der Waals surface area (Å²) < 4.78 is 6.01. The maximum Gasteiger partial charge on any atom is 0.227 e. The van der Waals surface area contributed by atoms with Gasteiger partial charge in [0.15, 0.2) is 0 Å². The Kier molecular flexibility index (Phi) is 3.84. The molecule has 2 aromatic carbocycles. The first-order chi connectivity index (χ1) is 10.3. The molecule has 3 aromatic rings. The Balaban J connectivity index is 2.06. The standard InChI is InChI=1S/C18H18N2O/c1-2-13-6-5-8-16(10-13)21-18-17-9-4-3-7-14(17)11-15(12-19)20-18/h3-11H,2,12,19H2,1H3. The number of aromatic nitrogens is 1. The Labute approximate surface area is 124 Å². The van der Waals surface area contributed by atoms with Gasteiger partial charge in [-0.2, -0.15) is 0 Å². The zero-order valence-corrected chi connectivity index (χ0v) is 12.0. The van der Waals surface area contributed by atoms with Gasteiger partial charge in [0, 0.05) is 11.9 Å². The van der Waals surface area contributed by atoms with Gasteiger partial charge in [0.25, 0.3) is 0 Å². The lowest BCUT2D eigenvalue weighted by atomic mass is 10.1. The normalized spacial score (nSPS) is 10.8. The molecular weight excluding hydrogens is 260 g/mol. The Bertz CT molecular complexity index is 768. The molecule has 0 unspecified atom stereocenters. The van der Waals surface area contributed by atoms with Crippen LogP contribution in [0.5, 0.6) is 11.6 Å². The van der Waals surface area contributed by atoms with Gasteiger partial charge in [-0.15, -0.1) is 0 Å². The van der Waals surface area contributed by atoms with E-state index in [9.17, 15) is 0 Å². The van der Waals surface area contributed by atoms with Crippen molar-refractivity contribution >= 4 is 10.8 Å². The molecule has 1 heterocycles. The molecule has 0 atom stereocenters. The second kappa shape index (κ2) is 5.94. The number of aryl methyl sites for hydroxylation is 1. The van der Waals surface area contributed by atoms with E-state index in [2.05, 4.69) is 18.0 Å². The number of nitrogens with zero attached hydrogens (tertiary/aromatic N) is 1. The van der Waals surface area contributed by atoms with Crippen LogP contribution in [-0.4, -0.2) is 4.98 Å². The summed E-state index contributed by atoms with van der Waals surface area (Å²) in [4.78, 5) is 4.52. The highest BCUT2D eigenvalue weighted by molar-refractivity contribution is 5.87. The third-order valence-electron chi connectivity index (χ3n) is 3.49. The zero-order chi connectivity index (χ0) is 14.7. The molecule has 21 heavy (non-hydrogen) atoms. The monoisotopic (exact) mass is 278 g/mol. The highest BCUT2D eigenvalue weighted by Crippen LogP contribution is 2.29. The number of pyridine rings is 1. The van der Waals surface area contributed by atoms with Crippen LogP contribution in [0.3, 0.4) is 0 Å². The summed E-state index contributed by atoms with van der Waals surface area (Å²) in [5, 5.41) is 2.09. The Morgan fingerprint density at radius 1 is 1.05 bits per heavy atom. The Hall–Kier alpha value is -2.39. The molecule has 0 fully saturated rings. The summed E-state index contributed by atoms with van der Waals surface area (Å²) >= 11 is 0. The minimum atomic E-state index is 0.399. The predicted octanol–water partition coefficient (Wildman–Crippen LogP) is 4.05. The average Bonchev–Trinajstić information content (AvgIpc) is 2.55. The molecule has 3 heteroatoms. The lowest BCUT2D eigenvalue weighted by Gasteiger charge is -2.10. The quantitative estimate of drug-likeness (QED) is 0.783. The second-order valence-electron chi connectivity index (χ2n) is 4.95. The lowest BCUT2D eigenvalue weighted by molar-refractivity contribution is 0.466. The van der Waals surface area contributed by atoms with E-state index in [4.69, 9.17) is 10.5 Å². The van der Waals surface area contributed by atoms with Crippen LogP contribution in [0.25, 0.3) is 10.8 Å². The number of fused-ring (bicyclic) bond motifs is 1. The van der Waals surface area contributed by atoms with Gasteiger partial charge >= 0.3 is 0 Å². The highest BCUT2D eigenvalue weighted by Gasteiger charge is 2.08. The van der Waals surface area contributed by atoms with Crippen molar-refractivity contribution in [1.29, 1.82) is 0 Å². The molecule has 0 aliphatic heterocycles. The molecule has 0 aliphatic carbocycles. The zero-order valence-electron chi connectivity index (χ0n) is 12.0. The predicted molar refractivity (Wildman–Crippen MR) is 85.5 cm³/mol. The fourth-order valence-corrected chi connectivity index (χ4v) is 2.34. The van der Waals surface area contributed by atoms with Crippen LogP contribution >= 0.6 is 0 Å². The SMILES string of the molecule is CCc1cccc(Oc2nc(CN)cc3ccccc23)c1. The number of nitrogens with two attached hydrogens (primary N) is 1. The van der Waals surface area contributed by atoms with Crippen LogP contribution in [-0.2, 0) is 13.0 Å². The van der Waals surface area contributed by atoms with Crippen molar-refractivity contribution in [3.63, 3.8) is 0 Å². The van der Waals surface area contributed by atoms with Gasteiger partial charge in [0.1, 0.15) is 5.75 Å². The third-order valence-corrected chi connectivity index (χ3v) is 3.49. The summed E-state index contributed by atoms with van der Waals surface area (Å²) in [5.41, 5.74) is 7.80. The van der Waals surface area contributed by atoms with E-state index in [1.807, 2.05) is 48.5 Å². The van der Waals surface area contributed by atoms with Crippen molar-refractivity contribution < 1.29 is 4.74 Å². The van der Waals surface area contributed by atoms with Crippen molar-refractivity contribution in [2.75, 3.05) is 0 Å². The van der Waals surface area contributed by atoms with Crippen LogP contribution in [0.1, 0.15) is 18.2 Å². The molecule has 0 aliphatic rings. The molecular formula is C18H18N2O. The summed E-state index contributed by atoms with van der Waals surface area (Å²) in [6.45, 7) is 2.53. The van der Waals surface area contributed by atoms with Gasteiger partial charge in [-0.3, -0.25) is 0 Å². The summed E-state index contributed by atoms with van der Waals surface area (Å²) in [6, 6.07) is 18.2. The van der Waals surface area contributed by atoms with E-state index in [-0.39, 0.29) is 0 Å². The molecule has 106 valence electrons. The molecule has 0 saturated carbocycles. The molecule has 0 radical (unpaired) electrons. The first-order valence-electron chi connectivity index (χ1n) is 7.15. The van der Waals surface area contributed by atoms with Crippen LogP contribution in [0.4, 0.5) is 0 Å². The van der Waals surface area contributed by atoms with E-state index in [0.717, 1.165) is 28.6 Å². The minimum absolute atomic E-state index is 0.399. The molecule has 0 spiro atoms. The number of ether oxygens (including phenoxy) is 1.